The number of nitrogens with one attached hydrogen (secondary N) is 2. The standard InChI is InChI=1S/C21H20ClN5O/c22-15-3-5-17(6-4-15)24-21(28)19-11-12-20(26-25-19)23-16-7-9-18(10-8-16)27-13-1-2-14-27/h3-12H,1-2,13-14H2,(H,23,26)(H,24,28). The normalized spacial score (nSPS) is 13.4. The monoisotopic (exact) mass is 393 g/mol. The van der Waals surface area contributed by atoms with Crippen LogP contribution < -0.4 is 15.5 Å². The lowest BCUT2D eigenvalue weighted by atomic mass is 10.2. The number of benzene rings is 2. The van der Waals surface area contributed by atoms with Gasteiger partial charge >= 0.3 is 0 Å². The number of carbonyl (C=O) groups is 1. The van der Waals surface area contributed by atoms with E-state index in [1.54, 1.807) is 36.4 Å². The lowest BCUT2D eigenvalue weighted by Gasteiger charge is -2.17. The minimum Gasteiger partial charge on any atom is -0.372 e. The maximum absolute atomic E-state index is 12.3. The fourth-order valence-electron chi connectivity index (χ4n) is 3.13. The van der Waals surface area contributed by atoms with Crippen LogP contribution >= 0.6 is 11.6 Å². The van der Waals surface area contributed by atoms with E-state index in [-0.39, 0.29) is 11.6 Å². The van der Waals surface area contributed by atoms with Crippen LogP contribution in [0.4, 0.5) is 22.9 Å². The number of hydrogen-bond acceptors (Lipinski definition) is 5. The van der Waals surface area contributed by atoms with Gasteiger partial charge in [0.1, 0.15) is 0 Å². The molecule has 0 bridgehead atoms. The predicted molar refractivity (Wildman–Crippen MR) is 113 cm³/mol. The molecule has 0 unspecified atom stereocenters. The number of halogens is 1. The highest BCUT2D eigenvalue weighted by atomic mass is 35.5. The zero-order valence-corrected chi connectivity index (χ0v) is 16.0. The van der Waals surface area contributed by atoms with E-state index in [2.05, 4.69) is 37.9 Å². The minimum atomic E-state index is -0.323. The summed E-state index contributed by atoms with van der Waals surface area (Å²) in [6.07, 6.45) is 2.51. The Bertz CT molecular complexity index is 936. The second-order valence-electron chi connectivity index (χ2n) is 6.63. The van der Waals surface area contributed by atoms with Crippen LogP contribution in [0.15, 0.2) is 60.7 Å². The summed E-state index contributed by atoms with van der Waals surface area (Å²) in [7, 11) is 0. The van der Waals surface area contributed by atoms with E-state index in [0.717, 1.165) is 18.8 Å². The molecule has 1 fully saturated rings. The Labute approximate surface area is 168 Å². The van der Waals surface area contributed by atoms with Crippen LogP contribution in [0.1, 0.15) is 23.3 Å². The lowest BCUT2D eigenvalue weighted by Crippen LogP contribution is -2.17. The molecule has 0 atom stereocenters. The highest BCUT2D eigenvalue weighted by Crippen LogP contribution is 2.23. The van der Waals surface area contributed by atoms with Gasteiger partial charge in [0.25, 0.3) is 5.91 Å². The van der Waals surface area contributed by atoms with E-state index in [1.165, 1.54) is 18.5 Å². The topological polar surface area (TPSA) is 70.2 Å². The predicted octanol–water partition coefficient (Wildman–Crippen LogP) is 4.73. The van der Waals surface area contributed by atoms with E-state index < -0.39 is 0 Å². The van der Waals surface area contributed by atoms with Crippen molar-refractivity contribution >= 4 is 40.4 Å². The number of rotatable bonds is 5. The molecule has 0 saturated carbocycles. The van der Waals surface area contributed by atoms with Gasteiger partial charge in [-0.1, -0.05) is 11.6 Å². The summed E-state index contributed by atoms with van der Waals surface area (Å²) in [4.78, 5) is 14.6. The molecule has 1 aliphatic rings. The smallest absolute Gasteiger partial charge is 0.276 e. The number of hydrogen-bond donors (Lipinski definition) is 2. The second kappa shape index (κ2) is 8.27. The van der Waals surface area contributed by atoms with Gasteiger partial charge in [-0.25, -0.2) is 0 Å². The number of anilines is 4. The summed E-state index contributed by atoms with van der Waals surface area (Å²) in [6.45, 7) is 2.25. The molecular weight excluding hydrogens is 374 g/mol. The maximum atomic E-state index is 12.3. The first-order valence-electron chi connectivity index (χ1n) is 9.20. The Morgan fingerprint density at radius 3 is 2.18 bits per heavy atom. The quantitative estimate of drug-likeness (QED) is 0.656. The highest BCUT2D eigenvalue weighted by molar-refractivity contribution is 6.30. The number of carbonyl (C=O) groups excluding carboxylic acids is 1. The Kier molecular flexibility index (Phi) is 5.39. The van der Waals surface area contributed by atoms with Gasteiger partial charge in [-0.05, 0) is 73.5 Å². The van der Waals surface area contributed by atoms with Crippen molar-refractivity contribution < 1.29 is 4.79 Å². The highest BCUT2D eigenvalue weighted by Gasteiger charge is 2.12. The number of aromatic nitrogens is 2. The molecule has 0 aliphatic carbocycles. The summed E-state index contributed by atoms with van der Waals surface area (Å²) in [5.41, 5.74) is 3.06. The van der Waals surface area contributed by atoms with Crippen LogP contribution in [0.25, 0.3) is 0 Å². The van der Waals surface area contributed by atoms with Crippen molar-refractivity contribution in [3.05, 3.63) is 71.4 Å². The Morgan fingerprint density at radius 1 is 0.857 bits per heavy atom. The van der Waals surface area contributed by atoms with Crippen LogP contribution in [0.5, 0.6) is 0 Å². The van der Waals surface area contributed by atoms with Crippen LogP contribution in [-0.2, 0) is 0 Å². The van der Waals surface area contributed by atoms with Crippen LogP contribution in [-0.4, -0.2) is 29.2 Å². The third-order valence-corrected chi connectivity index (χ3v) is 4.86. The van der Waals surface area contributed by atoms with E-state index in [0.29, 0.717) is 16.5 Å². The van der Waals surface area contributed by atoms with Crippen LogP contribution in [0.3, 0.4) is 0 Å². The lowest BCUT2D eigenvalue weighted by molar-refractivity contribution is 0.102. The van der Waals surface area contributed by atoms with Crippen molar-refractivity contribution in [3.63, 3.8) is 0 Å². The first-order valence-corrected chi connectivity index (χ1v) is 9.58. The molecule has 1 aromatic heterocycles. The SMILES string of the molecule is O=C(Nc1ccc(Cl)cc1)c1ccc(Nc2ccc(N3CCCC3)cc2)nn1. The molecule has 6 nitrogen and oxygen atoms in total. The zero-order chi connectivity index (χ0) is 19.3. The van der Waals surface area contributed by atoms with E-state index in [1.807, 2.05) is 12.1 Å². The van der Waals surface area contributed by atoms with Crippen molar-refractivity contribution in [3.8, 4) is 0 Å². The average Bonchev–Trinajstić information content (AvgIpc) is 3.26. The number of nitrogens with zero attached hydrogens (tertiary/aromatic N) is 3. The molecule has 1 aliphatic heterocycles. The van der Waals surface area contributed by atoms with Crippen LogP contribution in [0.2, 0.25) is 5.02 Å². The van der Waals surface area contributed by atoms with Gasteiger partial charge in [-0.2, -0.15) is 0 Å². The van der Waals surface area contributed by atoms with Gasteiger partial charge in [0.05, 0.1) is 0 Å². The molecule has 0 radical (unpaired) electrons. The molecule has 2 aromatic carbocycles. The molecular formula is C21H20ClN5O. The first-order chi connectivity index (χ1) is 13.7. The minimum absolute atomic E-state index is 0.241. The Balaban J connectivity index is 1.37. The third kappa shape index (κ3) is 4.40. The zero-order valence-electron chi connectivity index (χ0n) is 15.2. The molecule has 1 amide bonds. The maximum Gasteiger partial charge on any atom is 0.276 e. The summed E-state index contributed by atoms with van der Waals surface area (Å²) in [6, 6.07) is 18.5. The molecule has 3 aromatic rings. The van der Waals surface area contributed by atoms with Crippen molar-refractivity contribution in [1.29, 1.82) is 0 Å². The average molecular weight is 394 g/mol. The van der Waals surface area contributed by atoms with Gasteiger partial charge in [0.2, 0.25) is 0 Å². The molecule has 28 heavy (non-hydrogen) atoms. The fraction of sp³-hybridized carbons (Fsp3) is 0.190. The largest absolute Gasteiger partial charge is 0.372 e. The number of amides is 1. The van der Waals surface area contributed by atoms with Crippen molar-refractivity contribution in [2.75, 3.05) is 28.6 Å². The fourth-order valence-corrected chi connectivity index (χ4v) is 3.25. The Morgan fingerprint density at radius 2 is 1.54 bits per heavy atom. The summed E-state index contributed by atoms with van der Waals surface area (Å²) in [5.74, 6) is 0.258. The second-order valence-corrected chi connectivity index (χ2v) is 7.07. The third-order valence-electron chi connectivity index (χ3n) is 4.61. The first kappa shape index (κ1) is 18.3. The van der Waals surface area contributed by atoms with Gasteiger partial charge in [-0.15, -0.1) is 10.2 Å². The van der Waals surface area contributed by atoms with Crippen LogP contribution in [0, 0.1) is 0 Å². The molecule has 1 saturated heterocycles. The van der Waals surface area contributed by atoms with Gasteiger partial charge in [-0.3, -0.25) is 4.79 Å². The van der Waals surface area contributed by atoms with Gasteiger partial charge in [0, 0.05) is 35.2 Å². The van der Waals surface area contributed by atoms with Crippen molar-refractivity contribution in [2.45, 2.75) is 12.8 Å². The van der Waals surface area contributed by atoms with E-state index >= 15 is 0 Å². The van der Waals surface area contributed by atoms with Crippen molar-refractivity contribution in [2.24, 2.45) is 0 Å². The molecule has 142 valence electrons. The van der Waals surface area contributed by atoms with E-state index in [9.17, 15) is 4.79 Å². The summed E-state index contributed by atoms with van der Waals surface area (Å²) in [5, 5.41) is 14.7. The molecule has 7 heteroatoms. The van der Waals surface area contributed by atoms with Gasteiger partial charge < -0.3 is 15.5 Å². The van der Waals surface area contributed by atoms with Gasteiger partial charge in [0.15, 0.2) is 11.5 Å². The molecule has 0 spiro atoms. The molecule has 4 rings (SSSR count). The van der Waals surface area contributed by atoms with E-state index in [4.69, 9.17) is 11.6 Å². The van der Waals surface area contributed by atoms with Crippen molar-refractivity contribution in [1.82, 2.24) is 10.2 Å². The molecule has 2 N–H and O–H groups in total. The summed E-state index contributed by atoms with van der Waals surface area (Å²) >= 11 is 5.85. The Hall–Kier alpha value is -3.12. The summed E-state index contributed by atoms with van der Waals surface area (Å²) < 4.78 is 0. The molecule has 2 heterocycles.